The Morgan fingerprint density at radius 3 is 2.20 bits per heavy atom. The van der Waals surface area contributed by atoms with Crippen LogP contribution in [-0.4, -0.2) is 25.8 Å². The van der Waals surface area contributed by atoms with Crippen LogP contribution in [0.15, 0.2) is 83.6 Å². The van der Waals surface area contributed by atoms with E-state index in [2.05, 4.69) is 66.1 Å². The first-order valence-electron chi connectivity index (χ1n) is 15.6. The third-order valence-electron chi connectivity index (χ3n) is 8.21. The summed E-state index contributed by atoms with van der Waals surface area (Å²) in [6.45, 7) is 14.8. The quantitative estimate of drug-likeness (QED) is 0.0910. The molecule has 2 aromatic carbocycles. The minimum Gasteiger partial charge on any atom is -0.512 e. The first-order valence-corrected chi connectivity index (χ1v) is 15.6. The largest absolute Gasteiger partial charge is 0.512 e. The molecule has 0 bridgehead atoms. The number of aromatic nitrogens is 3. The summed E-state index contributed by atoms with van der Waals surface area (Å²) in [5.74, 6) is 0.547. The topological polar surface area (TPSA) is 89.1 Å². The van der Waals surface area contributed by atoms with Gasteiger partial charge in [-0.3, -0.25) is 14.8 Å². The fraction of sp³-hybridized carbons (Fsp3) is 0.368. The van der Waals surface area contributed by atoms with Crippen LogP contribution < -0.4 is 0 Å². The van der Waals surface area contributed by atoms with Crippen molar-refractivity contribution in [2.45, 2.75) is 79.6 Å². The van der Waals surface area contributed by atoms with E-state index in [9.17, 15) is 9.90 Å². The third kappa shape index (κ3) is 8.74. The molecule has 0 atom stereocenters. The molecule has 7 heteroatoms. The summed E-state index contributed by atoms with van der Waals surface area (Å²) >= 11 is 0. The second kappa shape index (κ2) is 16.1. The molecule has 1 N–H and O–H groups in total. The molecule has 45 heavy (non-hydrogen) atoms. The van der Waals surface area contributed by atoms with Crippen molar-refractivity contribution in [1.82, 2.24) is 15.0 Å². The maximum absolute atomic E-state index is 11.7. The van der Waals surface area contributed by atoms with E-state index < -0.39 is 0 Å². The minimum absolute atomic E-state index is 0. The number of allylic oxidation sites excluding steroid dienone is 2. The van der Waals surface area contributed by atoms with Crippen LogP contribution in [-0.2, 0) is 30.3 Å². The van der Waals surface area contributed by atoms with Crippen LogP contribution in [0, 0.1) is 17.9 Å². The molecule has 0 spiro atoms. The van der Waals surface area contributed by atoms with E-state index >= 15 is 0 Å². The summed E-state index contributed by atoms with van der Waals surface area (Å²) in [5, 5.41) is 13.1. The second-order valence-corrected chi connectivity index (χ2v) is 12.2. The van der Waals surface area contributed by atoms with E-state index in [1.807, 2.05) is 52.0 Å². The average Bonchev–Trinajstić information content (AvgIpc) is 3.50. The van der Waals surface area contributed by atoms with E-state index in [4.69, 9.17) is 4.42 Å². The summed E-state index contributed by atoms with van der Waals surface area (Å²) in [4.78, 5) is 25.2. The Balaban J connectivity index is 0.000000297. The Hall–Kier alpha value is -3.67. The molecule has 3 aromatic heterocycles. The number of rotatable bonds is 9. The number of carbonyl (C=O) groups is 1. The van der Waals surface area contributed by atoms with Crippen LogP contribution in [0.25, 0.3) is 44.4 Å². The number of carbonyl (C=O) groups excluding carboxylic acids is 1. The van der Waals surface area contributed by atoms with Crippen LogP contribution in [0.5, 0.6) is 0 Å². The summed E-state index contributed by atoms with van der Waals surface area (Å²) in [6, 6.07) is 20.0. The van der Waals surface area contributed by atoms with E-state index in [0.717, 1.165) is 64.7 Å². The van der Waals surface area contributed by atoms with Crippen LogP contribution in [0.4, 0.5) is 0 Å². The van der Waals surface area contributed by atoms with Gasteiger partial charge in [-0.1, -0.05) is 77.6 Å². The normalized spacial score (nSPS) is 11.9. The molecule has 0 aliphatic rings. The van der Waals surface area contributed by atoms with Gasteiger partial charge in [0.15, 0.2) is 11.4 Å². The molecule has 0 aliphatic heterocycles. The van der Waals surface area contributed by atoms with E-state index in [0.29, 0.717) is 0 Å². The van der Waals surface area contributed by atoms with E-state index in [1.54, 1.807) is 18.8 Å². The SMILES string of the molecule is CC(C)(C)c1cc(-c2cc(-c3cc4ccoc4cn3)ncn2)[c-]c2ccccc12.CCC(CC)C(=O)/C=C(\O)C(CC)CC.[Ir]. The van der Waals surface area contributed by atoms with Crippen LogP contribution in [0.3, 0.4) is 0 Å². The predicted molar refractivity (Wildman–Crippen MR) is 179 cm³/mol. The first kappa shape index (κ1) is 35.8. The molecule has 0 saturated heterocycles. The van der Waals surface area contributed by atoms with Gasteiger partial charge in [0.1, 0.15) is 6.33 Å². The number of fused-ring (bicyclic) bond motifs is 2. The van der Waals surface area contributed by atoms with Crippen molar-refractivity contribution in [3.05, 3.63) is 90.8 Å². The maximum atomic E-state index is 11.7. The van der Waals surface area contributed by atoms with Crippen molar-refractivity contribution < 1.29 is 34.4 Å². The molecule has 6 nitrogen and oxygen atoms in total. The number of aliphatic hydroxyl groups is 1. The number of benzene rings is 2. The molecule has 5 rings (SSSR count). The molecule has 0 amide bonds. The number of nitrogens with zero attached hydrogens (tertiary/aromatic N) is 3. The fourth-order valence-electron chi connectivity index (χ4n) is 5.42. The number of ketones is 1. The predicted octanol–water partition coefficient (Wildman–Crippen LogP) is 10.1. The van der Waals surface area contributed by atoms with E-state index in [1.165, 1.54) is 17.0 Å². The van der Waals surface area contributed by atoms with Gasteiger partial charge >= 0.3 is 0 Å². The van der Waals surface area contributed by atoms with Crippen LogP contribution >= 0.6 is 0 Å². The molecule has 239 valence electrons. The molecule has 0 unspecified atom stereocenters. The Morgan fingerprint density at radius 2 is 1.53 bits per heavy atom. The van der Waals surface area contributed by atoms with Gasteiger partial charge in [0.2, 0.25) is 0 Å². The standard InChI is InChI=1S/C25H20N3O.C13H24O2.Ir/c1-25(2,3)20-11-18(10-16-6-4-5-7-19(16)20)21-13-23(28-15-27-21)22-12-17-8-9-29-24(17)14-26-22;1-5-10(6-2)12(14)9-13(15)11(7-3)8-4;/h4-9,11-15H,1-3H3;9-11,14H,5-8H2,1-4H3;/q-1;;/b;12-9-;. The zero-order valence-electron chi connectivity index (χ0n) is 27.4. The van der Waals surface area contributed by atoms with Gasteiger partial charge in [0, 0.05) is 49.1 Å². The van der Waals surface area contributed by atoms with Crippen molar-refractivity contribution >= 4 is 27.5 Å². The molecular weight excluding hydrogens is 739 g/mol. The smallest absolute Gasteiger partial charge is 0.162 e. The van der Waals surface area contributed by atoms with Crippen molar-refractivity contribution in [3.8, 4) is 22.6 Å². The number of pyridine rings is 1. The van der Waals surface area contributed by atoms with Gasteiger partial charge in [-0.2, -0.15) is 0 Å². The number of furan rings is 1. The zero-order chi connectivity index (χ0) is 31.9. The number of hydrogen-bond donors (Lipinski definition) is 1. The molecule has 5 aromatic rings. The van der Waals surface area contributed by atoms with Gasteiger partial charge in [-0.15, -0.1) is 29.1 Å². The summed E-state index contributed by atoms with van der Waals surface area (Å²) < 4.78 is 5.39. The molecule has 3 heterocycles. The average molecular weight is 783 g/mol. The van der Waals surface area contributed by atoms with Gasteiger partial charge in [-0.05, 0) is 49.3 Å². The molecule has 0 aliphatic carbocycles. The Labute approximate surface area is 280 Å². The second-order valence-electron chi connectivity index (χ2n) is 12.2. The number of aliphatic hydroxyl groups excluding tert-OH is 1. The fourth-order valence-corrected chi connectivity index (χ4v) is 5.42. The molecular formula is C38H44IrN3O3-. The molecule has 0 fully saturated rings. The minimum atomic E-state index is 0. The van der Waals surface area contributed by atoms with Gasteiger partial charge in [0.25, 0.3) is 0 Å². The van der Waals surface area contributed by atoms with E-state index in [-0.39, 0.29) is 48.9 Å². The summed E-state index contributed by atoms with van der Waals surface area (Å²) in [7, 11) is 0. The van der Waals surface area contributed by atoms with Crippen molar-refractivity contribution in [1.29, 1.82) is 0 Å². The monoisotopic (exact) mass is 783 g/mol. The summed E-state index contributed by atoms with van der Waals surface area (Å²) in [6.07, 6.45) is 9.89. The van der Waals surface area contributed by atoms with Gasteiger partial charge in [-0.25, -0.2) is 4.98 Å². The Bertz CT molecular complexity index is 1740. The number of hydrogen-bond acceptors (Lipinski definition) is 6. The third-order valence-corrected chi connectivity index (χ3v) is 8.21. The van der Waals surface area contributed by atoms with Crippen molar-refractivity contribution in [2.75, 3.05) is 0 Å². The van der Waals surface area contributed by atoms with Crippen LogP contribution in [0.2, 0.25) is 0 Å². The Morgan fingerprint density at radius 1 is 0.889 bits per heavy atom. The molecule has 1 radical (unpaired) electrons. The van der Waals surface area contributed by atoms with Gasteiger partial charge in [0.05, 0.1) is 29.6 Å². The van der Waals surface area contributed by atoms with Crippen molar-refractivity contribution in [3.63, 3.8) is 0 Å². The maximum Gasteiger partial charge on any atom is 0.162 e. The first-order chi connectivity index (χ1) is 21.1. The summed E-state index contributed by atoms with van der Waals surface area (Å²) in [5.41, 5.74) is 5.41. The molecule has 0 saturated carbocycles. The van der Waals surface area contributed by atoms with Crippen LogP contribution in [0.1, 0.15) is 79.7 Å². The van der Waals surface area contributed by atoms with Gasteiger partial charge < -0.3 is 9.52 Å². The zero-order valence-corrected chi connectivity index (χ0v) is 29.7. The Kier molecular flexibility index (Phi) is 12.8. The van der Waals surface area contributed by atoms with Crippen molar-refractivity contribution in [2.24, 2.45) is 11.8 Å².